The molecule has 1 aromatic heterocycles. The lowest BCUT2D eigenvalue weighted by Crippen LogP contribution is -2.41. The van der Waals surface area contributed by atoms with Crippen LogP contribution in [0.25, 0.3) is 0 Å². The van der Waals surface area contributed by atoms with Crippen LogP contribution in [0.15, 0.2) is 47.6 Å². The number of hydrogen-bond acceptors (Lipinski definition) is 3. The highest BCUT2D eigenvalue weighted by molar-refractivity contribution is 14.0. The molecule has 0 aliphatic heterocycles. The first-order valence-corrected chi connectivity index (χ1v) is 8.93. The molecular formula is C20H26FIN4O. The molecule has 2 aromatic rings. The third-order valence-electron chi connectivity index (χ3n) is 4.67. The van der Waals surface area contributed by atoms with E-state index in [9.17, 15) is 4.39 Å². The first-order valence-electron chi connectivity index (χ1n) is 8.93. The van der Waals surface area contributed by atoms with E-state index in [0.717, 1.165) is 36.5 Å². The molecule has 146 valence electrons. The number of hydrogen-bond donors (Lipinski definition) is 2. The predicted molar refractivity (Wildman–Crippen MR) is 116 cm³/mol. The molecule has 0 amide bonds. The molecule has 0 radical (unpaired) electrons. The number of guanidine groups is 1. The van der Waals surface area contributed by atoms with E-state index in [2.05, 4.69) is 20.6 Å². The summed E-state index contributed by atoms with van der Waals surface area (Å²) in [6.07, 6.45) is 3.69. The minimum atomic E-state index is -0.127. The van der Waals surface area contributed by atoms with Gasteiger partial charge in [-0.25, -0.2) is 14.4 Å². The molecule has 1 fully saturated rings. The van der Waals surface area contributed by atoms with Gasteiger partial charge in [0.2, 0.25) is 5.88 Å². The highest BCUT2D eigenvalue weighted by atomic mass is 127. The molecule has 0 unspecified atom stereocenters. The zero-order chi connectivity index (χ0) is 18.4. The lowest BCUT2D eigenvalue weighted by Gasteiger charge is -2.19. The van der Waals surface area contributed by atoms with Gasteiger partial charge in [0.05, 0.1) is 13.7 Å². The maximum atomic E-state index is 14.1. The summed E-state index contributed by atoms with van der Waals surface area (Å²) in [4.78, 5) is 8.73. The van der Waals surface area contributed by atoms with Crippen molar-refractivity contribution in [2.75, 3.05) is 20.2 Å². The number of rotatable bonds is 7. The Morgan fingerprint density at radius 2 is 2.04 bits per heavy atom. The third kappa shape index (κ3) is 5.54. The summed E-state index contributed by atoms with van der Waals surface area (Å²) in [6, 6.07) is 10.8. The van der Waals surface area contributed by atoms with E-state index in [4.69, 9.17) is 4.74 Å². The summed E-state index contributed by atoms with van der Waals surface area (Å²) in [6.45, 7) is 3.97. The number of benzene rings is 1. The number of aliphatic imine (C=N–C) groups is 1. The van der Waals surface area contributed by atoms with Crippen LogP contribution in [-0.4, -0.2) is 31.1 Å². The van der Waals surface area contributed by atoms with E-state index < -0.39 is 0 Å². The highest BCUT2D eigenvalue weighted by Crippen LogP contribution is 2.48. The van der Waals surface area contributed by atoms with Gasteiger partial charge in [0.25, 0.3) is 0 Å². The molecule has 0 bridgehead atoms. The molecule has 1 saturated carbocycles. The summed E-state index contributed by atoms with van der Waals surface area (Å²) < 4.78 is 19.3. The van der Waals surface area contributed by atoms with Gasteiger partial charge >= 0.3 is 0 Å². The predicted octanol–water partition coefficient (Wildman–Crippen LogP) is 3.63. The monoisotopic (exact) mass is 484 g/mol. The highest BCUT2D eigenvalue weighted by Gasteiger charge is 2.45. The molecule has 2 N–H and O–H groups in total. The second-order valence-corrected chi connectivity index (χ2v) is 6.52. The van der Waals surface area contributed by atoms with Crippen LogP contribution in [0.5, 0.6) is 5.88 Å². The van der Waals surface area contributed by atoms with Gasteiger partial charge in [-0.1, -0.05) is 18.2 Å². The first kappa shape index (κ1) is 21.4. The molecule has 27 heavy (non-hydrogen) atoms. The van der Waals surface area contributed by atoms with Gasteiger partial charge in [0, 0.05) is 30.8 Å². The summed E-state index contributed by atoms with van der Waals surface area (Å²) in [7, 11) is 1.60. The minimum absolute atomic E-state index is 0. The van der Waals surface area contributed by atoms with Crippen molar-refractivity contribution in [3.63, 3.8) is 0 Å². The number of nitrogens with zero attached hydrogens (tertiary/aromatic N) is 2. The number of methoxy groups -OCH3 is 1. The van der Waals surface area contributed by atoms with Crippen molar-refractivity contribution >= 4 is 29.9 Å². The zero-order valence-corrected chi connectivity index (χ0v) is 18.0. The van der Waals surface area contributed by atoms with Crippen molar-refractivity contribution in [3.05, 3.63) is 59.5 Å². The molecule has 0 saturated heterocycles. The smallest absolute Gasteiger partial charge is 0.213 e. The largest absolute Gasteiger partial charge is 0.481 e. The van der Waals surface area contributed by atoms with Gasteiger partial charge in [-0.3, -0.25) is 0 Å². The Morgan fingerprint density at radius 1 is 1.26 bits per heavy atom. The minimum Gasteiger partial charge on any atom is -0.481 e. The van der Waals surface area contributed by atoms with Crippen LogP contribution in [0.4, 0.5) is 4.39 Å². The number of nitrogens with one attached hydrogen (secondary N) is 2. The van der Waals surface area contributed by atoms with Gasteiger partial charge in [-0.2, -0.15) is 0 Å². The van der Waals surface area contributed by atoms with Crippen LogP contribution in [0.2, 0.25) is 0 Å². The van der Waals surface area contributed by atoms with Crippen molar-refractivity contribution < 1.29 is 9.13 Å². The Balaban J connectivity index is 0.00000261. The van der Waals surface area contributed by atoms with Gasteiger partial charge in [-0.15, -0.1) is 24.0 Å². The van der Waals surface area contributed by atoms with E-state index >= 15 is 0 Å². The third-order valence-corrected chi connectivity index (χ3v) is 4.67. The molecule has 1 aromatic carbocycles. The molecule has 1 aliphatic rings. The van der Waals surface area contributed by atoms with E-state index in [1.54, 1.807) is 19.4 Å². The van der Waals surface area contributed by atoms with Crippen molar-refractivity contribution in [1.82, 2.24) is 15.6 Å². The topological polar surface area (TPSA) is 58.5 Å². The molecule has 5 nitrogen and oxygen atoms in total. The summed E-state index contributed by atoms with van der Waals surface area (Å²) in [5.41, 5.74) is 1.69. The Kier molecular flexibility index (Phi) is 7.82. The van der Waals surface area contributed by atoms with Crippen molar-refractivity contribution in [2.24, 2.45) is 4.99 Å². The normalized spacial score (nSPS) is 14.9. The van der Waals surface area contributed by atoms with Crippen LogP contribution in [0.1, 0.15) is 30.9 Å². The first-order chi connectivity index (χ1) is 12.7. The second-order valence-electron chi connectivity index (χ2n) is 6.52. The lowest BCUT2D eigenvalue weighted by molar-refractivity contribution is 0.397. The van der Waals surface area contributed by atoms with Crippen LogP contribution in [0.3, 0.4) is 0 Å². The van der Waals surface area contributed by atoms with Crippen LogP contribution in [0, 0.1) is 5.82 Å². The van der Waals surface area contributed by atoms with Crippen LogP contribution >= 0.6 is 24.0 Å². The maximum absolute atomic E-state index is 14.1. The Labute approximate surface area is 176 Å². The Hall–Kier alpha value is -1.90. The van der Waals surface area contributed by atoms with Gasteiger partial charge in [0.15, 0.2) is 5.96 Å². The molecule has 7 heteroatoms. The number of ether oxygens (including phenoxy) is 1. The molecule has 0 spiro atoms. The van der Waals surface area contributed by atoms with E-state index in [0.29, 0.717) is 19.0 Å². The molecule has 1 heterocycles. The van der Waals surface area contributed by atoms with Crippen molar-refractivity contribution in [3.8, 4) is 5.88 Å². The van der Waals surface area contributed by atoms with Crippen molar-refractivity contribution in [2.45, 2.75) is 31.7 Å². The molecule has 3 rings (SSSR count). The SMILES string of the molecule is CCNC(=NCc1ccnc(OC)c1)NCC1(c2ccccc2F)CC1.I. The fourth-order valence-corrected chi connectivity index (χ4v) is 3.01. The van der Waals surface area contributed by atoms with Gasteiger partial charge in [-0.05, 0) is 43.0 Å². The average Bonchev–Trinajstić information content (AvgIpc) is 3.45. The zero-order valence-electron chi connectivity index (χ0n) is 15.7. The van der Waals surface area contributed by atoms with E-state index in [1.807, 2.05) is 31.2 Å². The van der Waals surface area contributed by atoms with Crippen molar-refractivity contribution in [1.29, 1.82) is 0 Å². The fourth-order valence-electron chi connectivity index (χ4n) is 3.01. The summed E-state index contributed by atoms with van der Waals surface area (Å²) in [5, 5.41) is 6.62. The van der Waals surface area contributed by atoms with E-state index in [1.165, 1.54) is 6.07 Å². The standard InChI is InChI=1S/C20H25FN4O.HI/c1-3-22-19(24-13-15-8-11-23-18(12-15)26-2)25-14-20(9-10-20)16-6-4-5-7-17(16)21;/h4-8,11-12H,3,9-10,13-14H2,1-2H3,(H2,22,24,25);1H. The van der Waals surface area contributed by atoms with Crippen LogP contribution in [-0.2, 0) is 12.0 Å². The molecular weight excluding hydrogens is 458 g/mol. The number of halogens is 2. The summed E-state index contributed by atoms with van der Waals surface area (Å²) >= 11 is 0. The Bertz CT molecular complexity index is 780. The molecule has 0 atom stereocenters. The second kappa shape index (κ2) is 9.87. The lowest BCUT2D eigenvalue weighted by atomic mass is 9.95. The number of aromatic nitrogens is 1. The molecule has 1 aliphatic carbocycles. The quantitative estimate of drug-likeness (QED) is 0.358. The number of pyridine rings is 1. The van der Waals surface area contributed by atoms with E-state index in [-0.39, 0.29) is 35.2 Å². The maximum Gasteiger partial charge on any atom is 0.213 e. The van der Waals surface area contributed by atoms with Gasteiger partial charge in [0.1, 0.15) is 5.82 Å². The average molecular weight is 484 g/mol. The fraction of sp³-hybridized carbons (Fsp3) is 0.400. The summed E-state index contributed by atoms with van der Waals surface area (Å²) in [5.74, 6) is 1.18. The Morgan fingerprint density at radius 3 is 2.70 bits per heavy atom. The van der Waals surface area contributed by atoms with Crippen LogP contribution < -0.4 is 15.4 Å². The van der Waals surface area contributed by atoms with Gasteiger partial charge < -0.3 is 15.4 Å².